The van der Waals surface area contributed by atoms with Gasteiger partial charge in [-0.05, 0) is 31.2 Å². The number of rotatable bonds is 6. The van der Waals surface area contributed by atoms with Crippen LogP contribution in [0.4, 0.5) is 5.69 Å². The summed E-state index contributed by atoms with van der Waals surface area (Å²) in [5.74, 6) is -1.05. The molecule has 1 fully saturated rings. The molecule has 8 heteroatoms. The standard InChI is InChI=1S/C16H19N3O5/c1-2-24-12-5-3-11(4-6-12)17-13(20)7-8-16(23)19-9-14(21)18-15(22)10-19/h3-6H,2,7-10H2,1H3,(H,17,20)(H,18,21,22). The Hall–Kier alpha value is -2.90. The molecule has 0 atom stereocenters. The van der Waals surface area contributed by atoms with E-state index in [0.717, 1.165) is 4.90 Å². The summed E-state index contributed by atoms with van der Waals surface area (Å²) < 4.78 is 5.31. The molecule has 1 aromatic rings. The number of carbonyl (C=O) groups excluding carboxylic acids is 4. The fraction of sp³-hybridized carbons (Fsp3) is 0.375. The Bertz CT molecular complexity index is 626. The van der Waals surface area contributed by atoms with E-state index in [4.69, 9.17) is 4.74 Å². The Kier molecular flexibility index (Phi) is 5.89. The number of piperazine rings is 1. The normalized spacial score (nSPS) is 14.1. The van der Waals surface area contributed by atoms with E-state index in [-0.39, 0.29) is 31.8 Å². The van der Waals surface area contributed by atoms with Gasteiger partial charge in [-0.2, -0.15) is 0 Å². The van der Waals surface area contributed by atoms with Crippen molar-refractivity contribution in [1.82, 2.24) is 10.2 Å². The summed E-state index contributed by atoms with van der Waals surface area (Å²) in [6.07, 6.45) is -0.0955. The topological polar surface area (TPSA) is 105 Å². The molecular weight excluding hydrogens is 314 g/mol. The zero-order valence-electron chi connectivity index (χ0n) is 13.3. The van der Waals surface area contributed by atoms with Gasteiger partial charge in [-0.1, -0.05) is 0 Å². The Morgan fingerprint density at radius 1 is 1.12 bits per heavy atom. The molecule has 0 aliphatic carbocycles. The quantitative estimate of drug-likeness (QED) is 0.728. The highest BCUT2D eigenvalue weighted by Crippen LogP contribution is 2.16. The molecule has 24 heavy (non-hydrogen) atoms. The van der Waals surface area contributed by atoms with Crippen molar-refractivity contribution in [3.8, 4) is 5.75 Å². The lowest BCUT2D eigenvalue weighted by atomic mass is 10.2. The molecule has 1 heterocycles. The van der Waals surface area contributed by atoms with Crippen LogP contribution in [-0.2, 0) is 19.2 Å². The number of hydrogen-bond acceptors (Lipinski definition) is 5. The first-order valence-corrected chi connectivity index (χ1v) is 7.61. The molecule has 1 aliphatic rings. The maximum Gasteiger partial charge on any atom is 0.246 e. The third-order valence-electron chi connectivity index (χ3n) is 3.32. The van der Waals surface area contributed by atoms with Crippen LogP contribution < -0.4 is 15.4 Å². The van der Waals surface area contributed by atoms with Crippen LogP contribution in [0.25, 0.3) is 0 Å². The fourth-order valence-electron chi connectivity index (χ4n) is 2.22. The average molecular weight is 333 g/mol. The van der Waals surface area contributed by atoms with Crippen molar-refractivity contribution in [3.63, 3.8) is 0 Å². The van der Waals surface area contributed by atoms with E-state index in [0.29, 0.717) is 18.0 Å². The molecule has 4 amide bonds. The maximum atomic E-state index is 12.0. The summed E-state index contributed by atoms with van der Waals surface area (Å²) in [4.78, 5) is 47.4. The second-order valence-electron chi connectivity index (χ2n) is 5.23. The predicted octanol–water partition coefficient (Wildman–Crippen LogP) is 0.289. The van der Waals surface area contributed by atoms with E-state index in [2.05, 4.69) is 10.6 Å². The van der Waals surface area contributed by atoms with E-state index >= 15 is 0 Å². The highest BCUT2D eigenvalue weighted by Gasteiger charge is 2.26. The molecule has 0 saturated carbocycles. The van der Waals surface area contributed by atoms with Gasteiger partial charge < -0.3 is 15.0 Å². The molecule has 8 nitrogen and oxygen atoms in total. The minimum atomic E-state index is -0.515. The van der Waals surface area contributed by atoms with Crippen LogP contribution in [0, 0.1) is 0 Å². The lowest BCUT2D eigenvalue weighted by Crippen LogP contribution is -2.53. The van der Waals surface area contributed by atoms with Gasteiger partial charge in [0.2, 0.25) is 23.6 Å². The highest BCUT2D eigenvalue weighted by molar-refractivity contribution is 6.03. The molecule has 0 radical (unpaired) electrons. The summed E-state index contributed by atoms with van der Waals surface area (Å²) in [5, 5.41) is 4.79. The number of imide groups is 1. The van der Waals surface area contributed by atoms with Crippen molar-refractivity contribution in [1.29, 1.82) is 0 Å². The average Bonchev–Trinajstić information content (AvgIpc) is 2.54. The van der Waals surface area contributed by atoms with Gasteiger partial charge >= 0.3 is 0 Å². The highest BCUT2D eigenvalue weighted by atomic mass is 16.5. The van der Waals surface area contributed by atoms with Crippen molar-refractivity contribution in [3.05, 3.63) is 24.3 Å². The first kappa shape index (κ1) is 17.5. The van der Waals surface area contributed by atoms with Crippen LogP contribution in [-0.4, -0.2) is 48.2 Å². The smallest absolute Gasteiger partial charge is 0.246 e. The SMILES string of the molecule is CCOc1ccc(NC(=O)CCC(=O)N2CC(=O)NC(=O)C2)cc1. The van der Waals surface area contributed by atoms with E-state index in [1.54, 1.807) is 24.3 Å². The van der Waals surface area contributed by atoms with Gasteiger partial charge in [-0.25, -0.2) is 0 Å². The van der Waals surface area contributed by atoms with Crippen LogP contribution in [0.3, 0.4) is 0 Å². The van der Waals surface area contributed by atoms with Gasteiger partial charge in [0, 0.05) is 18.5 Å². The lowest BCUT2D eigenvalue weighted by molar-refractivity contribution is -0.145. The number of benzene rings is 1. The largest absolute Gasteiger partial charge is 0.494 e. The number of amides is 4. The van der Waals surface area contributed by atoms with E-state index in [1.165, 1.54) is 0 Å². The Morgan fingerprint density at radius 2 is 1.75 bits per heavy atom. The number of nitrogens with zero attached hydrogens (tertiary/aromatic N) is 1. The van der Waals surface area contributed by atoms with Gasteiger partial charge in [0.25, 0.3) is 0 Å². The minimum Gasteiger partial charge on any atom is -0.494 e. The Labute approximate surface area is 139 Å². The molecule has 0 bridgehead atoms. The number of carbonyl (C=O) groups is 4. The van der Waals surface area contributed by atoms with Crippen molar-refractivity contribution >= 4 is 29.3 Å². The zero-order chi connectivity index (χ0) is 17.5. The molecular formula is C16H19N3O5. The monoisotopic (exact) mass is 333 g/mol. The minimum absolute atomic E-state index is 0.0294. The second kappa shape index (κ2) is 8.09. The number of anilines is 1. The van der Waals surface area contributed by atoms with E-state index in [1.807, 2.05) is 6.92 Å². The molecule has 0 unspecified atom stereocenters. The third-order valence-corrected chi connectivity index (χ3v) is 3.32. The van der Waals surface area contributed by atoms with Crippen LogP contribution in [0.1, 0.15) is 19.8 Å². The second-order valence-corrected chi connectivity index (χ2v) is 5.23. The fourth-order valence-corrected chi connectivity index (χ4v) is 2.22. The van der Waals surface area contributed by atoms with Gasteiger partial charge in [0.05, 0.1) is 6.61 Å². The van der Waals surface area contributed by atoms with Gasteiger partial charge in [0.1, 0.15) is 18.8 Å². The van der Waals surface area contributed by atoms with Gasteiger partial charge in [-0.15, -0.1) is 0 Å². The maximum absolute atomic E-state index is 12.0. The van der Waals surface area contributed by atoms with E-state index < -0.39 is 17.7 Å². The molecule has 128 valence electrons. The molecule has 2 N–H and O–H groups in total. The van der Waals surface area contributed by atoms with Crippen molar-refractivity contribution in [2.75, 3.05) is 25.0 Å². The predicted molar refractivity (Wildman–Crippen MR) is 85.2 cm³/mol. The van der Waals surface area contributed by atoms with Gasteiger partial charge in [-0.3, -0.25) is 24.5 Å². The first-order valence-electron chi connectivity index (χ1n) is 7.61. The number of ether oxygens (including phenoxy) is 1. The van der Waals surface area contributed by atoms with Crippen molar-refractivity contribution in [2.45, 2.75) is 19.8 Å². The number of hydrogen-bond donors (Lipinski definition) is 2. The lowest BCUT2D eigenvalue weighted by Gasteiger charge is -2.25. The van der Waals surface area contributed by atoms with E-state index in [9.17, 15) is 19.2 Å². The van der Waals surface area contributed by atoms with Crippen molar-refractivity contribution < 1.29 is 23.9 Å². The molecule has 1 saturated heterocycles. The van der Waals surface area contributed by atoms with Crippen molar-refractivity contribution in [2.24, 2.45) is 0 Å². The van der Waals surface area contributed by atoms with Crippen LogP contribution in [0.5, 0.6) is 5.75 Å². The summed E-state index contributed by atoms with van der Waals surface area (Å²) in [7, 11) is 0. The molecule has 1 aromatic carbocycles. The summed E-state index contributed by atoms with van der Waals surface area (Å²) >= 11 is 0. The summed E-state index contributed by atoms with van der Waals surface area (Å²) in [6, 6.07) is 6.89. The molecule has 0 spiro atoms. The van der Waals surface area contributed by atoms with Gasteiger partial charge in [0.15, 0.2) is 0 Å². The zero-order valence-corrected chi connectivity index (χ0v) is 13.3. The van der Waals surface area contributed by atoms with Crippen LogP contribution in [0.2, 0.25) is 0 Å². The Balaban J connectivity index is 1.79. The molecule has 1 aliphatic heterocycles. The Morgan fingerprint density at radius 3 is 2.33 bits per heavy atom. The summed E-state index contributed by atoms with van der Waals surface area (Å²) in [6.45, 7) is 2.12. The van der Waals surface area contributed by atoms with Crippen LogP contribution >= 0.6 is 0 Å². The molecule has 2 rings (SSSR count). The van der Waals surface area contributed by atoms with Crippen LogP contribution in [0.15, 0.2) is 24.3 Å². The third kappa shape index (κ3) is 5.08. The summed E-state index contributed by atoms with van der Waals surface area (Å²) in [5.41, 5.74) is 0.600. The number of nitrogens with one attached hydrogen (secondary N) is 2. The first-order chi connectivity index (χ1) is 11.5. The molecule has 0 aromatic heterocycles.